The fraction of sp³-hybridized carbons (Fsp3) is 0.600. The van der Waals surface area contributed by atoms with Crippen molar-refractivity contribution in [3.8, 4) is 0 Å². The smallest absolute Gasteiger partial charge is 0.243 e. The van der Waals surface area contributed by atoms with E-state index in [4.69, 9.17) is 0 Å². The quantitative estimate of drug-likeness (QED) is 0.710. The molecule has 32 heavy (non-hydrogen) atoms. The van der Waals surface area contributed by atoms with Crippen molar-refractivity contribution >= 4 is 23.4 Å². The van der Waals surface area contributed by atoms with Crippen LogP contribution in [0.25, 0.3) is 0 Å². The van der Waals surface area contributed by atoms with Crippen LogP contribution in [0.15, 0.2) is 35.4 Å². The summed E-state index contributed by atoms with van der Waals surface area (Å²) in [5.74, 6) is 0.901. The van der Waals surface area contributed by atoms with Crippen LogP contribution in [0.5, 0.6) is 0 Å². The lowest BCUT2D eigenvalue weighted by Crippen LogP contribution is -2.46. The van der Waals surface area contributed by atoms with Crippen molar-refractivity contribution in [3.05, 3.63) is 35.9 Å². The molecule has 0 radical (unpaired) electrons. The Hall–Kier alpha value is -2.70. The Morgan fingerprint density at radius 3 is 2.16 bits per heavy atom. The molecule has 0 bridgehead atoms. The van der Waals surface area contributed by atoms with E-state index in [0.29, 0.717) is 25.6 Å². The van der Waals surface area contributed by atoms with Gasteiger partial charge in [0.15, 0.2) is 0 Å². The van der Waals surface area contributed by atoms with E-state index in [-0.39, 0.29) is 36.5 Å². The number of nitrogens with zero attached hydrogens (tertiary/aromatic N) is 4. The Bertz CT molecular complexity index is 853. The van der Waals surface area contributed by atoms with E-state index in [9.17, 15) is 14.4 Å². The van der Waals surface area contributed by atoms with Crippen molar-refractivity contribution in [3.63, 3.8) is 0 Å². The minimum Gasteiger partial charge on any atom is -0.343 e. The maximum atomic E-state index is 12.8. The molecule has 0 saturated carbocycles. The Labute approximate surface area is 190 Å². The summed E-state index contributed by atoms with van der Waals surface area (Å²) < 4.78 is 0. The zero-order valence-corrected chi connectivity index (χ0v) is 19.0. The SMILES string of the molecule is CC1CCN(C(=O)C2CCN(C(=O)CCC(=O)N3CCC(c4ccccc4)=N3)CC2)CC1. The summed E-state index contributed by atoms with van der Waals surface area (Å²) >= 11 is 0. The number of hydrogen-bond donors (Lipinski definition) is 0. The summed E-state index contributed by atoms with van der Waals surface area (Å²) in [6.45, 7) is 5.76. The first-order valence-corrected chi connectivity index (χ1v) is 12.0. The normalized spacial score (nSPS) is 20.4. The van der Waals surface area contributed by atoms with Gasteiger partial charge in [-0.05, 0) is 37.2 Å². The molecule has 3 aliphatic rings. The maximum Gasteiger partial charge on any atom is 0.243 e. The predicted molar refractivity (Wildman–Crippen MR) is 123 cm³/mol. The standard InChI is InChI=1S/C25H34N4O3/c1-19-9-14-28(15-10-19)25(32)21-11-16-27(17-12-21)23(30)7-8-24(31)29-18-13-22(26-29)20-5-3-2-4-6-20/h2-6,19,21H,7-18H2,1H3. The Kier molecular flexibility index (Phi) is 7.22. The molecule has 1 aromatic rings. The lowest BCUT2D eigenvalue weighted by Gasteiger charge is -2.36. The van der Waals surface area contributed by atoms with E-state index in [0.717, 1.165) is 56.5 Å². The van der Waals surface area contributed by atoms with Gasteiger partial charge >= 0.3 is 0 Å². The van der Waals surface area contributed by atoms with Crippen molar-refractivity contribution in [1.29, 1.82) is 0 Å². The largest absolute Gasteiger partial charge is 0.343 e. The van der Waals surface area contributed by atoms with Gasteiger partial charge in [0.1, 0.15) is 0 Å². The minimum absolute atomic E-state index is 0.00232. The summed E-state index contributed by atoms with van der Waals surface area (Å²) in [5, 5.41) is 5.96. The zero-order chi connectivity index (χ0) is 22.5. The van der Waals surface area contributed by atoms with E-state index in [1.54, 1.807) is 0 Å². The van der Waals surface area contributed by atoms with Crippen LogP contribution in [-0.4, -0.2) is 71.0 Å². The second-order valence-electron chi connectivity index (χ2n) is 9.34. The van der Waals surface area contributed by atoms with E-state index in [1.807, 2.05) is 40.1 Å². The molecule has 0 spiro atoms. The highest BCUT2D eigenvalue weighted by Crippen LogP contribution is 2.24. The lowest BCUT2D eigenvalue weighted by atomic mass is 9.92. The summed E-state index contributed by atoms with van der Waals surface area (Å²) in [5.41, 5.74) is 1.95. The Morgan fingerprint density at radius 2 is 1.47 bits per heavy atom. The third-order valence-electron chi connectivity index (χ3n) is 7.04. The molecule has 0 atom stereocenters. The van der Waals surface area contributed by atoms with Crippen molar-refractivity contribution in [2.75, 3.05) is 32.7 Å². The van der Waals surface area contributed by atoms with Crippen LogP contribution in [-0.2, 0) is 14.4 Å². The van der Waals surface area contributed by atoms with E-state index in [1.165, 1.54) is 5.01 Å². The van der Waals surface area contributed by atoms with Gasteiger partial charge in [0.2, 0.25) is 17.7 Å². The summed E-state index contributed by atoms with van der Waals surface area (Å²) in [6, 6.07) is 9.88. The highest BCUT2D eigenvalue weighted by atomic mass is 16.2. The number of amides is 3. The van der Waals surface area contributed by atoms with Crippen LogP contribution < -0.4 is 0 Å². The summed E-state index contributed by atoms with van der Waals surface area (Å²) in [7, 11) is 0. The van der Waals surface area contributed by atoms with Crippen molar-refractivity contribution < 1.29 is 14.4 Å². The molecule has 0 aromatic heterocycles. The van der Waals surface area contributed by atoms with Crippen LogP contribution in [0.4, 0.5) is 0 Å². The molecule has 2 saturated heterocycles. The van der Waals surface area contributed by atoms with Crippen molar-refractivity contribution in [2.45, 2.75) is 51.9 Å². The second-order valence-corrected chi connectivity index (χ2v) is 9.34. The third kappa shape index (κ3) is 5.37. The van der Waals surface area contributed by atoms with Gasteiger partial charge in [0.05, 0.1) is 12.3 Å². The maximum absolute atomic E-state index is 12.8. The fourth-order valence-electron chi connectivity index (χ4n) is 4.83. The molecule has 172 valence electrons. The number of carbonyl (C=O) groups is 3. The Morgan fingerprint density at radius 1 is 0.844 bits per heavy atom. The second kappa shape index (κ2) is 10.3. The van der Waals surface area contributed by atoms with Crippen LogP contribution in [0, 0.1) is 11.8 Å². The fourth-order valence-corrected chi connectivity index (χ4v) is 4.83. The van der Waals surface area contributed by atoms with Gasteiger partial charge in [0, 0.05) is 51.4 Å². The summed E-state index contributed by atoms with van der Waals surface area (Å²) in [4.78, 5) is 41.8. The molecular formula is C25H34N4O3. The predicted octanol–water partition coefficient (Wildman–Crippen LogP) is 2.90. The first-order valence-electron chi connectivity index (χ1n) is 12.0. The monoisotopic (exact) mass is 438 g/mol. The van der Waals surface area contributed by atoms with Gasteiger partial charge < -0.3 is 9.80 Å². The molecule has 1 aromatic carbocycles. The highest BCUT2D eigenvalue weighted by Gasteiger charge is 2.32. The topological polar surface area (TPSA) is 73.3 Å². The average Bonchev–Trinajstić information content (AvgIpc) is 3.34. The number of likely N-dealkylation sites (tertiary alicyclic amines) is 2. The molecule has 3 heterocycles. The van der Waals surface area contributed by atoms with Crippen LogP contribution in [0.3, 0.4) is 0 Å². The number of carbonyl (C=O) groups excluding carboxylic acids is 3. The molecule has 0 N–H and O–H groups in total. The van der Waals surface area contributed by atoms with Gasteiger partial charge in [-0.15, -0.1) is 0 Å². The average molecular weight is 439 g/mol. The molecule has 7 heteroatoms. The van der Waals surface area contributed by atoms with E-state index >= 15 is 0 Å². The molecule has 2 fully saturated rings. The number of rotatable bonds is 5. The van der Waals surface area contributed by atoms with Gasteiger partial charge in [-0.3, -0.25) is 14.4 Å². The number of hydrogen-bond acceptors (Lipinski definition) is 4. The van der Waals surface area contributed by atoms with E-state index in [2.05, 4.69) is 12.0 Å². The van der Waals surface area contributed by atoms with Gasteiger partial charge in [-0.2, -0.15) is 5.10 Å². The molecule has 4 rings (SSSR count). The molecule has 3 aliphatic heterocycles. The minimum atomic E-state index is -0.103. The summed E-state index contributed by atoms with van der Waals surface area (Å²) in [6.07, 6.45) is 4.74. The van der Waals surface area contributed by atoms with Gasteiger partial charge in [-0.1, -0.05) is 37.3 Å². The van der Waals surface area contributed by atoms with Crippen molar-refractivity contribution in [1.82, 2.24) is 14.8 Å². The zero-order valence-electron chi connectivity index (χ0n) is 19.0. The number of hydrazone groups is 1. The van der Waals surface area contributed by atoms with E-state index < -0.39 is 0 Å². The van der Waals surface area contributed by atoms with Gasteiger partial charge in [0.25, 0.3) is 0 Å². The van der Waals surface area contributed by atoms with Gasteiger partial charge in [-0.25, -0.2) is 5.01 Å². The molecule has 0 unspecified atom stereocenters. The molecular weight excluding hydrogens is 404 g/mol. The van der Waals surface area contributed by atoms with Crippen LogP contribution in [0.2, 0.25) is 0 Å². The first-order chi connectivity index (χ1) is 15.5. The first kappa shape index (κ1) is 22.5. The highest BCUT2D eigenvalue weighted by molar-refractivity contribution is 6.02. The molecule has 0 aliphatic carbocycles. The number of benzene rings is 1. The number of piperidine rings is 2. The molecule has 7 nitrogen and oxygen atoms in total. The van der Waals surface area contributed by atoms with Crippen molar-refractivity contribution in [2.24, 2.45) is 16.9 Å². The van der Waals surface area contributed by atoms with Crippen LogP contribution >= 0.6 is 0 Å². The van der Waals surface area contributed by atoms with Crippen LogP contribution in [0.1, 0.15) is 57.4 Å². The Balaban J connectivity index is 1.20. The third-order valence-corrected chi connectivity index (χ3v) is 7.04. The molecule has 3 amide bonds. The lowest BCUT2D eigenvalue weighted by molar-refractivity contribution is -0.142.